The lowest BCUT2D eigenvalue weighted by Gasteiger charge is -2.34. The van der Waals surface area contributed by atoms with E-state index in [4.69, 9.17) is 4.74 Å². The monoisotopic (exact) mass is 413 g/mol. The minimum Gasteiger partial charge on any atom is -0.454 e. The highest BCUT2D eigenvalue weighted by molar-refractivity contribution is 6.43. The van der Waals surface area contributed by atoms with Gasteiger partial charge in [0.15, 0.2) is 0 Å². The van der Waals surface area contributed by atoms with E-state index in [1.165, 1.54) is 12.1 Å². The molecule has 0 aromatic heterocycles. The van der Waals surface area contributed by atoms with Crippen molar-refractivity contribution < 1.29 is 24.2 Å². The standard InChI is InChI=1S/C25H19NO5/c1-14-12-19-20(13-15(14)2)31-25(30)18-11-7-6-10-17(18)22(28)24(19,25)26-23(29)21(27)16-8-4-3-5-9-16/h3-13,30H,1-2H3,(H,26,29). The van der Waals surface area contributed by atoms with Crippen LogP contribution in [0.3, 0.4) is 0 Å². The number of rotatable bonds is 3. The molecule has 2 aliphatic rings. The van der Waals surface area contributed by atoms with E-state index in [9.17, 15) is 19.5 Å². The van der Waals surface area contributed by atoms with Crippen molar-refractivity contribution in [2.75, 3.05) is 0 Å². The number of carbonyl (C=O) groups is 3. The molecule has 0 bridgehead atoms. The molecule has 31 heavy (non-hydrogen) atoms. The average molecular weight is 413 g/mol. The summed E-state index contributed by atoms with van der Waals surface area (Å²) < 4.78 is 5.95. The second kappa shape index (κ2) is 6.36. The van der Waals surface area contributed by atoms with Gasteiger partial charge >= 0.3 is 0 Å². The lowest BCUT2D eigenvalue weighted by atomic mass is 9.81. The van der Waals surface area contributed by atoms with E-state index in [1.807, 2.05) is 13.8 Å². The predicted octanol–water partition coefficient (Wildman–Crippen LogP) is 2.93. The summed E-state index contributed by atoms with van der Waals surface area (Å²) >= 11 is 0. The molecule has 0 fully saturated rings. The molecule has 0 radical (unpaired) electrons. The van der Waals surface area contributed by atoms with Crippen molar-refractivity contribution in [3.8, 4) is 5.75 Å². The number of amides is 1. The smallest absolute Gasteiger partial charge is 0.293 e. The summed E-state index contributed by atoms with van der Waals surface area (Å²) in [6, 6.07) is 18.0. The summed E-state index contributed by atoms with van der Waals surface area (Å²) in [7, 11) is 0. The number of carbonyl (C=O) groups excluding carboxylic acids is 3. The van der Waals surface area contributed by atoms with Crippen molar-refractivity contribution in [2.24, 2.45) is 0 Å². The average Bonchev–Trinajstić information content (AvgIpc) is 3.12. The van der Waals surface area contributed by atoms with Gasteiger partial charge in [-0.2, -0.15) is 0 Å². The molecular formula is C25H19NO5. The Hall–Kier alpha value is -3.77. The third kappa shape index (κ3) is 2.39. The van der Waals surface area contributed by atoms with Crippen LogP contribution in [0.1, 0.15) is 43.0 Å². The van der Waals surface area contributed by atoms with Crippen LogP contribution in [0.2, 0.25) is 0 Å². The van der Waals surface area contributed by atoms with Gasteiger partial charge in [-0.1, -0.05) is 54.6 Å². The minimum atomic E-state index is -2.17. The Morgan fingerprint density at radius 1 is 0.903 bits per heavy atom. The fraction of sp³-hybridized carbons (Fsp3) is 0.160. The number of hydrogen-bond donors (Lipinski definition) is 2. The van der Waals surface area contributed by atoms with E-state index in [1.54, 1.807) is 54.6 Å². The zero-order valence-electron chi connectivity index (χ0n) is 16.9. The van der Waals surface area contributed by atoms with Gasteiger partial charge in [-0.25, -0.2) is 0 Å². The molecule has 1 aliphatic carbocycles. The molecule has 154 valence electrons. The summed E-state index contributed by atoms with van der Waals surface area (Å²) in [6.07, 6.45) is 0. The van der Waals surface area contributed by atoms with Crippen LogP contribution in [0, 0.1) is 13.8 Å². The van der Waals surface area contributed by atoms with E-state index < -0.39 is 28.8 Å². The highest BCUT2D eigenvalue weighted by atomic mass is 16.6. The molecular weight excluding hydrogens is 394 g/mol. The first-order valence-electron chi connectivity index (χ1n) is 9.89. The minimum absolute atomic E-state index is 0.183. The van der Waals surface area contributed by atoms with E-state index in [0.717, 1.165) is 11.1 Å². The molecule has 1 aliphatic heterocycles. The SMILES string of the molecule is Cc1cc2c(cc1C)C1(NC(=O)C(=O)c3ccccc3)C(=O)c3ccccc3C1(O)O2. The summed E-state index contributed by atoms with van der Waals surface area (Å²) in [5.74, 6) is -4.21. The van der Waals surface area contributed by atoms with Crippen LogP contribution >= 0.6 is 0 Å². The van der Waals surface area contributed by atoms with Gasteiger partial charge in [0.25, 0.3) is 11.7 Å². The summed E-state index contributed by atoms with van der Waals surface area (Å²) in [6.45, 7) is 3.75. The van der Waals surface area contributed by atoms with Gasteiger partial charge in [0.05, 0.1) is 0 Å². The van der Waals surface area contributed by atoms with Crippen LogP contribution in [0.4, 0.5) is 0 Å². The first-order valence-corrected chi connectivity index (χ1v) is 9.89. The molecule has 0 spiro atoms. The van der Waals surface area contributed by atoms with Crippen molar-refractivity contribution in [3.05, 3.63) is 100 Å². The third-order valence-corrected chi connectivity index (χ3v) is 6.19. The molecule has 1 amide bonds. The molecule has 6 nitrogen and oxygen atoms in total. The Kier molecular flexibility index (Phi) is 3.94. The van der Waals surface area contributed by atoms with Gasteiger partial charge in [0.1, 0.15) is 5.75 Å². The van der Waals surface area contributed by atoms with Crippen molar-refractivity contribution in [2.45, 2.75) is 25.2 Å². The number of hydrogen-bond acceptors (Lipinski definition) is 5. The van der Waals surface area contributed by atoms with Crippen LogP contribution in [0.5, 0.6) is 5.75 Å². The third-order valence-electron chi connectivity index (χ3n) is 6.19. The van der Waals surface area contributed by atoms with Crippen molar-refractivity contribution in [1.29, 1.82) is 0 Å². The van der Waals surface area contributed by atoms with Crippen molar-refractivity contribution >= 4 is 17.5 Å². The molecule has 6 heteroatoms. The van der Waals surface area contributed by atoms with Gasteiger partial charge in [-0.3, -0.25) is 14.4 Å². The number of ether oxygens (including phenoxy) is 1. The summed E-state index contributed by atoms with van der Waals surface area (Å²) in [4.78, 5) is 39.5. The highest BCUT2D eigenvalue weighted by Crippen LogP contribution is 2.58. The Bertz CT molecular complexity index is 1280. The lowest BCUT2D eigenvalue weighted by Crippen LogP contribution is -2.61. The Labute approximate surface area is 178 Å². The molecule has 3 aromatic carbocycles. The number of benzene rings is 3. The van der Waals surface area contributed by atoms with Gasteiger partial charge in [0, 0.05) is 22.3 Å². The first kappa shape index (κ1) is 19.2. The van der Waals surface area contributed by atoms with Gasteiger partial charge in [-0.05, 0) is 37.1 Å². The number of ketones is 2. The van der Waals surface area contributed by atoms with Crippen molar-refractivity contribution in [3.63, 3.8) is 0 Å². The Morgan fingerprint density at radius 2 is 1.55 bits per heavy atom. The predicted molar refractivity (Wildman–Crippen MR) is 112 cm³/mol. The Morgan fingerprint density at radius 3 is 2.29 bits per heavy atom. The molecule has 3 aromatic rings. The van der Waals surface area contributed by atoms with Crippen LogP contribution in [0.15, 0.2) is 66.7 Å². The lowest BCUT2D eigenvalue weighted by molar-refractivity contribution is -0.174. The van der Waals surface area contributed by atoms with Crippen LogP contribution in [0.25, 0.3) is 0 Å². The maximum absolute atomic E-state index is 13.7. The largest absolute Gasteiger partial charge is 0.454 e. The number of aliphatic hydroxyl groups is 1. The molecule has 2 unspecified atom stereocenters. The second-order valence-electron chi connectivity index (χ2n) is 7.95. The van der Waals surface area contributed by atoms with Crippen molar-refractivity contribution in [1.82, 2.24) is 5.32 Å². The molecule has 1 heterocycles. The van der Waals surface area contributed by atoms with E-state index in [0.29, 0.717) is 11.3 Å². The van der Waals surface area contributed by atoms with E-state index in [-0.39, 0.29) is 16.7 Å². The normalized spacial score (nSPS) is 22.9. The number of fused-ring (bicyclic) bond motifs is 5. The molecule has 5 rings (SSSR count). The second-order valence-corrected chi connectivity index (χ2v) is 7.95. The quantitative estimate of drug-likeness (QED) is 0.509. The highest BCUT2D eigenvalue weighted by Gasteiger charge is 2.71. The van der Waals surface area contributed by atoms with Crippen LogP contribution in [-0.2, 0) is 16.1 Å². The summed E-state index contributed by atoms with van der Waals surface area (Å²) in [5, 5.41) is 14.3. The number of aryl methyl sites for hydroxylation is 2. The molecule has 0 saturated carbocycles. The fourth-order valence-corrected chi connectivity index (χ4v) is 4.45. The maximum atomic E-state index is 13.7. The van der Waals surface area contributed by atoms with Gasteiger partial charge in [0.2, 0.25) is 17.1 Å². The number of Topliss-reactive ketones (excluding diaryl/α,β-unsaturated/α-hetero) is 2. The van der Waals surface area contributed by atoms with Gasteiger partial charge < -0.3 is 15.2 Å². The first-order chi connectivity index (χ1) is 14.8. The van der Waals surface area contributed by atoms with Crippen LogP contribution in [-0.4, -0.2) is 22.6 Å². The zero-order chi connectivity index (χ0) is 22.0. The fourth-order valence-electron chi connectivity index (χ4n) is 4.45. The topological polar surface area (TPSA) is 92.7 Å². The van der Waals surface area contributed by atoms with Gasteiger partial charge in [-0.15, -0.1) is 0 Å². The number of nitrogens with one attached hydrogen (secondary N) is 1. The molecule has 2 atom stereocenters. The van der Waals surface area contributed by atoms with E-state index >= 15 is 0 Å². The Balaban J connectivity index is 1.70. The maximum Gasteiger partial charge on any atom is 0.293 e. The summed E-state index contributed by atoms with van der Waals surface area (Å²) in [5.41, 5.74) is 0.797. The molecule has 2 N–H and O–H groups in total. The zero-order valence-corrected chi connectivity index (χ0v) is 16.9. The molecule has 0 saturated heterocycles. The van der Waals surface area contributed by atoms with Crippen LogP contribution < -0.4 is 10.1 Å². The van der Waals surface area contributed by atoms with E-state index in [2.05, 4.69) is 5.32 Å².